The van der Waals surface area contributed by atoms with Crippen LogP contribution < -0.4 is 0 Å². The lowest BCUT2D eigenvalue weighted by Gasteiger charge is -1.98. The molecule has 1 aromatic heterocycles. The molecule has 0 radical (unpaired) electrons. The number of halogens is 1. The molecule has 0 saturated carbocycles. The normalized spacial score (nSPS) is 9.92. The van der Waals surface area contributed by atoms with Gasteiger partial charge in [-0.2, -0.15) is 0 Å². The maximum Gasteiger partial charge on any atom is 0.304 e. The molecule has 1 N–H and O–H groups in total. The van der Waals surface area contributed by atoms with Crippen molar-refractivity contribution >= 4 is 17.7 Å². The maximum atomic E-state index is 12.9. The summed E-state index contributed by atoms with van der Waals surface area (Å²) in [6.07, 6.45) is 1.49. The van der Waals surface area contributed by atoms with Crippen LogP contribution in [0.1, 0.15) is 6.42 Å². The Morgan fingerprint density at radius 2 is 2.46 bits per heavy atom. The minimum atomic E-state index is -0.885. The average Bonchev–Trinajstić information content (AvgIpc) is 2.08. The lowest BCUT2D eigenvalue weighted by molar-refractivity contribution is -0.136. The molecule has 0 fully saturated rings. The van der Waals surface area contributed by atoms with Crippen molar-refractivity contribution in [1.82, 2.24) is 4.98 Å². The molecule has 5 heteroatoms. The third-order valence-corrected chi connectivity index (χ3v) is 2.26. The van der Waals surface area contributed by atoms with Gasteiger partial charge in [-0.3, -0.25) is 4.79 Å². The van der Waals surface area contributed by atoms with E-state index in [1.165, 1.54) is 18.3 Å². The van der Waals surface area contributed by atoms with E-state index in [0.29, 0.717) is 5.75 Å². The molecular formula is C8H8FNO2S. The van der Waals surface area contributed by atoms with Gasteiger partial charge in [0.2, 0.25) is 0 Å². The van der Waals surface area contributed by atoms with Crippen LogP contribution in [0.3, 0.4) is 0 Å². The van der Waals surface area contributed by atoms with Crippen LogP contribution in [0.4, 0.5) is 4.39 Å². The zero-order valence-corrected chi connectivity index (χ0v) is 7.55. The Morgan fingerprint density at radius 3 is 3.08 bits per heavy atom. The van der Waals surface area contributed by atoms with E-state index in [2.05, 4.69) is 4.98 Å². The van der Waals surface area contributed by atoms with Crippen LogP contribution in [0.15, 0.2) is 23.4 Å². The van der Waals surface area contributed by atoms with Crippen molar-refractivity contribution in [1.29, 1.82) is 0 Å². The zero-order valence-electron chi connectivity index (χ0n) is 6.74. The first-order chi connectivity index (χ1) is 6.20. The van der Waals surface area contributed by atoms with Gasteiger partial charge in [0.1, 0.15) is 5.03 Å². The summed E-state index contributed by atoms with van der Waals surface area (Å²) in [7, 11) is 0. The summed E-state index contributed by atoms with van der Waals surface area (Å²) in [4.78, 5) is 13.9. The fourth-order valence-corrected chi connectivity index (χ4v) is 1.52. The van der Waals surface area contributed by atoms with Crippen LogP contribution in [0.2, 0.25) is 0 Å². The van der Waals surface area contributed by atoms with Crippen molar-refractivity contribution in [3.05, 3.63) is 24.1 Å². The van der Waals surface area contributed by atoms with Crippen molar-refractivity contribution in [3.8, 4) is 0 Å². The standard InChI is InChI=1S/C8H8FNO2S/c9-6-2-1-4-10-8(6)13-5-3-7(11)12/h1-2,4H,3,5H2,(H,11,12). The number of rotatable bonds is 4. The van der Waals surface area contributed by atoms with Crippen molar-refractivity contribution < 1.29 is 14.3 Å². The molecule has 0 amide bonds. The van der Waals surface area contributed by atoms with Gasteiger partial charge < -0.3 is 5.11 Å². The molecule has 3 nitrogen and oxygen atoms in total. The molecule has 70 valence electrons. The third kappa shape index (κ3) is 3.42. The van der Waals surface area contributed by atoms with Gasteiger partial charge in [0, 0.05) is 11.9 Å². The molecule has 0 aliphatic rings. The van der Waals surface area contributed by atoms with Gasteiger partial charge in [-0.15, -0.1) is 11.8 Å². The first-order valence-corrected chi connectivity index (χ1v) is 4.64. The smallest absolute Gasteiger partial charge is 0.304 e. The second-order valence-electron chi connectivity index (χ2n) is 2.28. The van der Waals surface area contributed by atoms with Gasteiger partial charge in [0.25, 0.3) is 0 Å². The van der Waals surface area contributed by atoms with Crippen LogP contribution in [0.25, 0.3) is 0 Å². The highest BCUT2D eigenvalue weighted by Crippen LogP contribution is 2.18. The highest BCUT2D eigenvalue weighted by Gasteiger charge is 2.04. The van der Waals surface area contributed by atoms with Crippen molar-refractivity contribution in [2.45, 2.75) is 11.4 Å². The number of carbonyl (C=O) groups is 1. The number of carboxylic acid groups (broad SMARTS) is 1. The molecule has 0 saturated heterocycles. The lowest BCUT2D eigenvalue weighted by atomic mass is 10.5. The SMILES string of the molecule is O=C(O)CCSc1ncccc1F. The molecule has 0 spiro atoms. The van der Waals surface area contributed by atoms with E-state index in [0.717, 1.165) is 11.8 Å². The summed E-state index contributed by atoms with van der Waals surface area (Å²) in [5, 5.41) is 8.59. The monoisotopic (exact) mass is 201 g/mol. The number of thioether (sulfide) groups is 1. The topological polar surface area (TPSA) is 50.2 Å². The molecule has 0 unspecified atom stereocenters. The average molecular weight is 201 g/mol. The maximum absolute atomic E-state index is 12.9. The zero-order chi connectivity index (χ0) is 9.68. The van der Waals surface area contributed by atoms with Gasteiger partial charge in [-0.25, -0.2) is 9.37 Å². The van der Waals surface area contributed by atoms with Crippen LogP contribution in [-0.4, -0.2) is 21.8 Å². The predicted octanol–water partition coefficient (Wildman–Crippen LogP) is 1.79. The molecule has 0 atom stereocenters. The van der Waals surface area contributed by atoms with Gasteiger partial charge in [0.15, 0.2) is 5.82 Å². The number of aromatic nitrogens is 1. The van der Waals surface area contributed by atoms with Gasteiger partial charge >= 0.3 is 5.97 Å². The summed E-state index contributed by atoms with van der Waals surface area (Å²) < 4.78 is 12.9. The van der Waals surface area contributed by atoms with E-state index in [-0.39, 0.29) is 11.4 Å². The van der Waals surface area contributed by atoms with Crippen LogP contribution in [0, 0.1) is 5.82 Å². The number of carboxylic acids is 1. The largest absolute Gasteiger partial charge is 0.481 e. The number of nitrogens with zero attached hydrogens (tertiary/aromatic N) is 1. The number of pyridine rings is 1. The minimum Gasteiger partial charge on any atom is -0.481 e. The summed E-state index contributed by atoms with van der Waals surface area (Å²) in [6, 6.07) is 2.80. The molecule has 1 rings (SSSR count). The van der Waals surface area contributed by atoms with E-state index in [4.69, 9.17) is 5.11 Å². The molecule has 1 aromatic rings. The molecule has 0 aromatic carbocycles. The van der Waals surface area contributed by atoms with E-state index in [9.17, 15) is 9.18 Å². The Morgan fingerprint density at radius 1 is 1.69 bits per heavy atom. The summed E-state index contributed by atoms with van der Waals surface area (Å²) in [6.45, 7) is 0. The molecular weight excluding hydrogens is 193 g/mol. The predicted molar refractivity (Wildman–Crippen MR) is 47.2 cm³/mol. The van der Waals surface area contributed by atoms with Crippen molar-refractivity contribution in [2.75, 3.05) is 5.75 Å². The van der Waals surface area contributed by atoms with E-state index >= 15 is 0 Å². The van der Waals surface area contributed by atoms with Crippen LogP contribution >= 0.6 is 11.8 Å². The molecule has 13 heavy (non-hydrogen) atoms. The minimum absolute atomic E-state index is 0.0146. The highest BCUT2D eigenvalue weighted by atomic mass is 32.2. The third-order valence-electron chi connectivity index (χ3n) is 1.28. The first-order valence-electron chi connectivity index (χ1n) is 3.65. The molecule has 0 aliphatic carbocycles. The van der Waals surface area contributed by atoms with Crippen LogP contribution in [-0.2, 0) is 4.79 Å². The molecule has 1 heterocycles. The Kier molecular flexibility index (Phi) is 3.70. The number of hydrogen-bond donors (Lipinski definition) is 1. The fraction of sp³-hybridized carbons (Fsp3) is 0.250. The van der Waals surface area contributed by atoms with E-state index < -0.39 is 11.8 Å². The Labute approximate surface area is 79.0 Å². The lowest BCUT2D eigenvalue weighted by Crippen LogP contribution is -1.96. The first kappa shape index (κ1) is 9.98. The van der Waals surface area contributed by atoms with Gasteiger partial charge in [0.05, 0.1) is 6.42 Å². The molecule has 0 aliphatic heterocycles. The number of hydrogen-bond acceptors (Lipinski definition) is 3. The van der Waals surface area contributed by atoms with E-state index in [1.54, 1.807) is 0 Å². The van der Waals surface area contributed by atoms with E-state index in [1.807, 2.05) is 0 Å². The Hall–Kier alpha value is -1.10. The van der Waals surface area contributed by atoms with Crippen molar-refractivity contribution in [3.63, 3.8) is 0 Å². The second kappa shape index (κ2) is 4.81. The second-order valence-corrected chi connectivity index (χ2v) is 3.37. The Balaban J connectivity index is 2.45. The number of aliphatic carboxylic acids is 1. The highest BCUT2D eigenvalue weighted by molar-refractivity contribution is 7.99. The quantitative estimate of drug-likeness (QED) is 0.754. The summed E-state index contributed by atoms with van der Waals surface area (Å²) in [5.74, 6) is -0.953. The van der Waals surface area contributed by atoms with Crippen molar-refractivity contribution in [2.24, 2.45) is 0 Å². The van der Waals surface area contributed by atoms with Crippen LogP contribution in [0.5, 0.6) is 0 Å². The van der Waals surface area contributed by atoms with Gasteiger partial charge in [-0.05, 0) is 12.1 Å². The van der Waals surface area contributed by atoms with Gasteiger partial charge in [-0.1, -0.05) is 0 Å². The fourth-order valence-electron chi connectivity index (χ4n) is 0.712. The Bertz CT molecular complexity index is 306. The summed E-state index contributed by atoms with van der Waals surface area (Å²) >= 11 is 1.11. The summed E-state index contributed by atoms with van der Waals surface area (Å²) in [5.41, 5.74) is 0. The molecule has 0 bridgehead atoms.